The summed E-state index contributed by atoms with van der Waals surface area (Å²) in [7, 11) is 0. The summed E-state index contributed by atoms with van der Waals surface area (Å²) in [4.78, 5) is 11.7. The van der Waals surface area contributed by atoms with Gasteiger partial charge in [-0.05, 0) is 20.3 Å². The molecule has 0 aromatic rings. The highest BCUT2D eigenvalue weighted by Crippen LogP contribution is 2.38. The van der Waals surface area contributed by atoms with Crippen molar-refractivity contribution in [2.45, 2.75) is 44.6 Å². The average molecular weight is 249 g/mol. The number of nitrogens with zero attached hydrogens (tertiary/aromatic N) is 1. The third-order valence-electron chi connectivity index (χ3n) is 2.96. The number of rotatable bonds is 3. The molecule has 0 radical (unpaired) electrons. The van der Waals surface area contributed by atoms with Crippen LogP contribution in [0.15, 0.2) is 5.16 Å². The SMILES string of the molecule is CC(C)(NC(=O)C1CCC(F)(F)C1)C(N)=NO. The first kappa shape index (κ1) is 13.7. The maximum absolute atomic E-state index is 12.9. The van der Waals surface area contributed by atoms with Gasteiger partial charge in [-0.25, -0.2) is 8.78 Å². The Morgan fingerprint density at radius 1 is 1.59 bits per heavy atom. The number of hydrogen-bond acceptors (Lipinski definition) is 3. The third-order valence-corrected chi connectivity index (χ3v) is 2.96. The van der Waals surface area contributed by atoms with E-state index in [2.05, 4.69) is 10.5 Å². The first-order valence-corrected chi connectivity index (χ1v) is 5.36. The predicted molar refractivity (Wildman–Crippen MR) is 57.9 cm³/mol. The van der Waals surface area contributed by atoms with Gasteiger partial charge in [0.05, 0.1) is 5.54 Å². The molecule has 0 bridgehead atoms. The van der Waals surface area contributed by atoms with Crippen LogP contribution in [0.2, 0.25) is 0 Å². The summed E-state index contributed by atoms with van der Waals surface area (Å²) in [6.45, 7) is 3.07. The Morgan fingerprint density at radius 3 is 2.59 bits per heavy atom. The molecule has 1 saturated carbocycles. The highest BCUT2D eigenvalue weighted by atomic mass is 19.3. The number of alkyl halides is 2. The Balaban J connectivity index is 2.62. The second kappa shape index (κ2) is 4.46. The Kier molecular flexibility index (Phi) is 3.59. The molecule has 0 aromatic carbocycles. The number of hydrogen-bond donors (Lipinski definition) is 3. The van der Waals surface area contributed by atoms with Crippen LogP contribution in [-0.4, -0.2) is 28.4 Å². The number of amidine groups is 1. The molecule has 0 saturated heterocycles. The van der Waals surface area contributed by atoms with Crippen LogP contribution in [0.5, 0.6) is 0 Å². The Hall–Kier alpha value is -1.40. The van der Waals surface area contributed by atoms with Gasteiger partial charge < -0.3 is 16.3 Å². The number of halogens is 2. The quantitative estimate of drug-likeness (QED) is 0.302. The summed E-state index contributed by atoms with van der Waals surface area (Å²) in [5.74, 6) is -4.13. The monoisotopic (exact) mass is 249 g/mol. The molecule has 7 heteroatoms. The molecule has 4 N–H and O–H groups in total. The van der Waals surface area contributed by atoms with Crippen molar-refractivity contribution in [3.63, 3.8) is 0 Å². The normalized spacial score (nSPS) is 24.7. The molecular formula is C10H17F2N3O2. The van der Waals surface area contributed by atoms with Crippen LogP contribution in [0.1, 0.15) is 33.1 Å². The lowest BCUT2D eigenvalue weighted by molar-refractivity contribution is -0.126. The lowest BCUT2D eigenvalue weighted by Crippen LogP contribution is -2.54. The summed E-state index contributed by atoms with van der Waals surface area (Å²) in [6, 6.07) is 0. The van der Waals surface area contributed by atoms with E-state index >= 15 is 0 Å². The Bertz CT molecular complexity index is 342. The summed E-state index contributed by atoms with van der Waals surface area (Å²) in [6.07, 6.45) is -0.550. The van der Waals surface area contributed by atoms with Gasteiger partial charge in [-0.2, -0.15) is 0 Å². The summed E-state index contributed by atoms with van der Waals surface area (Å²) in [5, 5.41) is 13.8. The number of carbonyl (C=O) groups excluding carboxylic acids is 1. The van der Waals surface area contributed by atoms with Gasteiger partial charge in [0.1, 0.15) is 0 Å². The van der Waals surface area contributed by atoms with Crippen LogP contribution in [0.25, 0.3) is 0 Å². The van der Waals surface area contributed by atoms with Crippen LogP contribution < -0.4 is 11.1 Å². The van der Waals surface area contributed by atoms with Gasteiger partial charge in [0.25, 0.3) is 0 Å². The van der Waals surface area contributed by atoms with E-state index in [0.717, 1.165) is 0 Å². The van der Waals surface area contributed by atoms with Crippen molar-refractivity contribution in [2.75, 3.05) is 0 Å². The number of amides is 1. The second-order valence-corrected chi connectivity index (χ2v) is 4.90. The first-order chi connectivity index (χ1) is 7.68. The zero-order chi connectivity index (χ0) is 13.3. The second-order valence-electron chi connectivity index (χ2n) is 4.90. The topological polar surface area (TPSA) is 87.7 Å². The molecule has 5 nitrogen and oxygen atoms in total. The highest BCUT2D eigenvalue weighted by molar-refractivity contribution is 5.93. The molecule has 1 aliphatic carbocycles. The number of nitrogens with one attached hydrogen (secondary N) is 1. The molecule has 1 fully saturated rings. The molecule has 0 aromatic heterocycles. The third kappa shape index (κ3) is 3.28. The number of nitrogens with two attached hydrogens (primary N) is 1. The van der Waals surface area contributed by atoms with Gasteiger partial charge in [0.15, 0.2) is 5.84 Å². The van der Waals surface area contributed by atoms with Gasteiger partial charge in [-0.15, -0.1) is 0 Å². The lowest BCUT2D eigenvalue weighted by atomic mass is 10.0. The molecule has 0 spiro atoms. The molecule has 0 aliphatic heterocycles. The van der Waals surface area contributed by atoms with Crippen molar-refractivity contribution in [2.24, 2.45) is 16.8 Å². The van der Waals surface area contributed by atoms with Gasteiger partial charge in [0.2, 0.25) is 11.8 Å². The minimum atomic E-state index is -2.76. The van der Waals surface area contributed by atoms with Crippen molar-refractivity contribution < 1.29 is 18.8 Å². The molecule has 98 valence electrons. The van der Waals surface area contributed by atoms with E-state index in [1.165, 1.54) is 13.8 Å². The Morgan fingerprint density at radius 2 is 2.18 bits per heavy atom. The van der Waals surface area contributed by atoms with E-state index in [9.17, 15) is 13.6 Å². The van der Waals surface area contributed by atoms with Gasteiger partial charge in [-0.1, -0.05) is 5.16 Å². The molecular weight excluding hydrogens is 232 g/mol. The van der Waals surface area contributed by atoms with Gasteiger partial charge >= 0.3 is 0 Å². The Labute approximate surface area is 98.0 Å². The fourth-order valence-electron chi connectivity index (χ4n) is 1.77. The van der Waals surface area contributed by atoms with Crippen LogP contribution in [-0.2, 0) is 4.79 Å². The van der Waals surface area contributed by atoms with Crippen molar-refractivity contribution in [1.29, 1.82) is 0 Å². The van der Waals surface area contributed by atoms with Crippen LogP contribution in [0, 0.1) is 5.92 Å². The molecule has 17 heavy (non-hydrogen) atoms. The number of carbonyl (C=O) groups is 1. The van der Waals surface area contributed by atoms with Crippen LogP contribution in [0.3, 0.4) is 0 Å². The van der Waals surface area contributed by atoms with Crippen molar-refractivity contribution >= 4 is 11.7 Å². The molecule has 1 atom stereocenters. The van der Waals surface area contributed by atoms with E-state index in [1.54, 1.807) is 0 Å². The maximum Gasteiger partial charge on any atom is 0.248 e. The predicted octanol–water partition coefficient (Wildman–Crippen LogP) is 1.06. The van der Waals surface area contributed by atoms with Crippen molar-refractivity contribution in [3.8, 4) is 0 Å². The largest absolute Gasteiger partial charge is 0.409 e. The standard InChI is InChI=1S/C10H17F2N3O2/c1-9(2,8(13)15-17)14-7(16)6-3-4-10(11,12)5-6/h6,17H,3-5H2,1-2H3,(H2,13,15)(H,14,16). The zero-order valence-corrected chi connectivity index (χ0v) is 9.83. The van der Waals surface area contributed by atoms with E-state index < -0.39 is 29.7 Å². The van der Waals surface area contributed by atoms with Gasteiger partial charge in [-0.3, -0.25) is 4.79 Å². The zero-order valence-electron chi connectivity index (χ0n) is 9.83. The lowest BCUT2D eigenvalue weighted by Gasteiger charge is -2.26. The van der Waals surface area contributed by atoms with Crippen LogP contribution >= 0.6 is 0 Å². The molecule has 0 heterocycles. The van der Waals surface area contributed by atoms with E-state index in [1.807, 2.05) is 0 Å². The molecule has 1 amide bonds. The fourth-order valence-corrected chi connectivity index (χ4v) is 1.77. The van der Waals surface area contributed by atoms with E-state index in [-0.39, 0.29) is 18.7 Å². The van der Waals surface area contributed by atoms with Crippen molar-refractivity contribution in [3.05, 3.63) is 0 Å². The molecule has 1 unspecified atom stereocenters. The summed E-state index contributed by atoms with van der Waals surface area (Å²) >= 11 is 0. The molecule has 1 aliphatic rings. The summed E-state index contributed by atoms with van der Waals surface area (Å²) in [5.41, 5.74) is 4.34. The molecule has 1 rings (SSSR count). The summed E-state index contributed by atoms with van der Waals surface area (Å²) < 4.78 is 25.9. The first-order valence-electron chi connectivity index (χ1n) is 5.36. The maximum atomic E-state index is 12.9. The number of oxime groups is 1. The van der Waals surface area contributed by atoms with Crippen molar-refractivity contribution in [1.82, 2.24) is 5.32 Å². The average Bonchev–Trinajstić information content (AvgIpc) is 2.57. The highest BCUT2D eigenvalue weighted by Gasteiger charge is 2.43. The fraction of sp³-hybridized carbons (Fsp3) is 0.800. The van der Waals surface area contributed by atoms with Gasteiger partial charge in [0, 0.05) is 18.8 Å². The van der Waals surface area contributed by atoms with E-state index in [4.69, 9.17) is 10.9 Å². The minimum absolute atomic E-state index is 0.158. The van der Waals surface area contributed by atoms with Crippen LogP contribution in [0.4, 0.5) is 8.78 Å². The smallest absolute Gasteiger partial charge is 0.248 e. The minimum Gasteiger partial charge on any atom is -0.409 e. The van der Waals surface area contributed by atoms with E-state index in [0.29, 0.717) is 0 Å².